The monoisotopic (exact) mass is 681 g/mol. The number of para-hydroxylation sites is 1. The van der Waals surface area contributed by atoms with Crippen molar-refractivity contribution in [2.45, 2.75) is 0 Å². The fraction of sp³-hybridized carbons (Fsp3) is 0. The first kappa shape index (κ1) is 30.2. The van der Waals surface area contributed by atoms with Gasteiger partial charge in [-0.1, -0.05) is 158 Å². The predicted molar refractivity (Wildman–Crippen MR) is 219 cm³/mol. The third kappa shape index (κ3) is 5.12. The number of nitrogens with zero attached hydrogens (tertiary/aromatic N) is 3. The summed E-state index contributed by atoms with van der Waals surface area (Å²) in [7, 11) is 0. The van der Waals surface area contributed by atoms with Crippen LogP contribution in [0, 0.1) is 0 Å². The predicted octanol–water partition coefficient (Wildman–Crippen LogP) is 13.1. The standard InChI is InChI=1S/C48H31N3S/c1-5-16-32(17-6-1)40-31-41(50-48(49-40)35-22-11-4-12-23-35)36-24-15-25-37(30-36)51-42-27-14-13-26-38(42)45-43(51)29-28-39-44(33-18-7-2-8-19-33)46(52-47(39)45)34-20-9-3-10-21-34/h1-31H. The molecular formula is C48H31N3S. The molecule has 0 atom stereocenters. The summed E-state index contributed by atoms with van der Waals surface area (Å²) in [6.45, 7) is 0. The van der Waals surface area contributed by atoms with Crippen LogP contribution in [0.5, 0.6) is 0 Å². The summed E-state index contributed by atoms with van der Waals surface area (Å²) in [5.41, 5.74) is 12.1. The zero-order valence-corrected chi connectivity index (χ0v) is 29.0. The summed E-state index contributed by atoms with van der Waals surface area (Å²) in [5, 5.41) is 3.80. The molecule has 244 valence electrons. The Morgan fingerprint density at radius 2 is 0.981 bits per heavy atom. The molecule has 10 rings (SSSR count). The maximum absolute atomic E-state index is 5.14. The summed E-state index contributed by atoms with van der Waals surface area (Å²) in [6.07, 6.45) is 0. The van der Waals surface area contributed by atoms with Crippen molar-refractivity contribution in [1.82, 2.24) is 14.5 Å². The van der Waals surface area contributed by atoms with E-state index in [4.69, 9.17) is 9.97 Å². The number of thiophene rings is 1. The van der Waals surface area contributed by atoms with Crippen molar-refractivity contribution in [3.8, 4) is 61.2 Å². The lowest BCUT2D eigenvalue weighted by molar-refractivity contribution is 1.16. The number of aromatic nitrogens is 3. The quantitative estimate of drug-likeness (QED) is 0.175. The maximum Gasteiger partial charge on any atom is 0.160 e. The molecular weight excluding hydrogens is 651 g/mol. The van der Waals surface area contributed by atoms with E-state index in [-0.39, 0.29) is 0 Å². The molecule has 3 heterocycles. The van der Waals surface area contributed by atoms with Crippen molar-refractivity contribution in [1.29, 1.82) is 0 Å². The van der Waals surface area contributed by atoms with E-state index in [1.54, 1.807) is 0 Å². The first-order valence-corrected chi connectivity index (χ1v) is 18.3. The van der Waals surface area contributed by atoms with Gasteiger partial charge in [0.1, 0.15) is 0 Å². The molecule has 10 aromatic rings. The number of hydrogen-bond acceptors (Lipinski definition) is 3. The van der Waals surface area contributed by atoms with Crippen molar-refractivity contribution in [2.75, 3.05) is 0 Å². The Bertz CT molecular complexity index is 2820. The Labute approximate surface area is 305 Å². The van der Waals surface area contributed by atoms with Gasteiger partial charge in [0.2, 0.25) is 0 Å². The molecule has 0 spiro atoms. The lowest BCUT2D eigenvalue weighted by Gasteiger charge is -2.12. The lowest BCUT2D eigenvalue weighted by atomic mass is 9.98. The summed E-state index contributed by atoms with van der Waals surface area (Å²) >= 11 is 1.89. The van der Waals surface area contributed by atoms with Crippen LogP contribution in [0.3, 0.4) is 0 Å². The SMILES string of the molecule is c1ccc(-c2cc(-c3cccc(-n4c5ccccc5c5c6sc(-c7ccccc7)c(-c7ccccc7)c6ccc54)c3)nc(-c3ccccc3)n2)cc1. The topological polar surface area (TPSA) is 30.7 Å². The molecule has 0 aliphatic carbocycles. The van der Waals surface area contributed by atoms with E-state index < -0.39 is 0 Å². The summed E-state index contributed by atoms with van der Waals surface area (Å²) in [6, 6.07) is 66.5. The molecule has 7 aromatic carbocycles. The minimum absolute atomic E-state index is 0.711. The van der Waals surface area contributed by atoms with E-state index in [9.17, 15) is 0 Å². The molecule has 0 aliphatic rings. The van der Waals surface area contributed by atoms with Gasteiger partial charge in [0.15, 0.2) is 5.82 Å². The van der Waals surface area contributed by atoms with Crippen LogP contribution in [-0.4, -0.2) is 14.5 Å². The van der Waals surface area contributed by atoms with Crippen LogP contribution >= 0.6 is 11.3 Å². The highest BCUT2D eigenvalue weighted by molar-refractivity contribution is 7.24. The average Bonchev–Trinajstić information content (AvgIpc) is 3.78. The van der Waals surface area contributed by atoms with Crippen molar-refractivity contribution >= 4 is 43.2 Å². The van der Waals surface area contributed by atoms with Gasteiger partial charge in [-0.3, -0.25) is 0 Å². The molecule has 0 bridgehead atoms. The maximum atomic E-state index is 5.14. The number of benzene rings is 7. The number of hydrogen-bond donors (Lipinski definition) is 0. The molecule has 0 N–H and O–H groups in total. The Kier molecular flexibility index (Phi) is 7.33. The molecule has 0 amide bonds. The molecule has 0 fully saturated rings. The fourth-order valence-corrected chi connectivity index (χ4v) is 8.83. The van der Waals surface area contributed by atoms with Gasteiger partial charge in [0, 0.05) is 53.7 Å². The van der Waals surface area contributed by atoms with Crippen LogP contribution in [0.25, 0.3) is 93.0 Å². The van der Waals surface area contributed by atoms with E-state index in [0.717, 1.165) is 33.8 Å². The highest BCUT2D eigenvalue weighted by Crippen LogP contribution is 2.49. The molecule has 4 heteroatoms. The smallest absolute Gasteiger partial charge is 0.160 e. The van der Waals surface area contributed by atoms with Crippen LogP contribution in [0.1, 0.15) is 0 Å². The van der Waals surface area contributed by atoms with Crippen molar-refractivity contribution in [3.63, 3.8) is 0 Å². The van der Waals surface area contributed by atoms with Gasteiger partial charge in [-0.2, -0.15) is 0 Å². The Hall–Kier alpha value is -6.62. The Morgan fingerprint density at radius 1 is 0.404 bits per heavy atom. The first-order chi connectivity index (χ1) is 25.8. The minimum Gasteiger partial charge on any atom is -0.309 e. The molecule has 0 aliphatic heterocycles. The zero-order chi connectivity index (χ0) is 34.4. The summed E-state index contributed by atoms with van der Waals surface area (Å²) in [5.74, 6) is 0.711. The van der Waals surface area contributed by atoms with Gasteiger partial charge in [-0.05, 0) is 41.5 Å². The van der Waals surface area contributed by atoms with E-state index in [0.29, 0.717) is 5.82 Å². The van der Waals surface area contributed by atoms with Gasteiger partial charge in [-0.15, -0.1) is 11.3 Å². The van der Waals surface area contributed by atoms with Crippen LogP contribution in [0.2, 0.25) is 0 Å². The molecule has 52 heavy (non-hydrogen) atoms. The second-order valence-electron chi connectivity index (χ2n) is 13.0. The second kappa shape index (κ2) is 12.6. The first-order valence-electron chi connectivity index (χ1n) is 17.5. The summed E-state index contributed by atoms with van der Waals surface area (Å²) < 4.78 is 3.71. The van der Waals surface area contributed by atoms with Gasteiger partial charge in [0.25, 0.3) is 0 Å². The zero-order valence-electron chi connectivity index (χ0n) is 28.1. The summed E-state index contributed by atoms with van der Waals surface area (Å²) in [4.78, 5) is 11.5. The average molecular weight is 682 g/mol. The Balaban J connectivity index is 1.20. The van der Waals surface area contributed by atoms with Crippen LogP contribution in [0.4, 0.5) is 0 Å². The Morgan fingerprint density at radius 3 is 1.69 bits per heavy atom. The van der Waals surface area contributed by atoms with E-state index in [2.05, 4.69) is 168 Å². The van der Waals surface area contributed by atoms with Crippen LogP contribution < -0.4 is 0 Å². The van der Waals surface area contributed by atoms with Gasteiger partial charge in [0.05, 0.1) is 22.4 Å². The fourth-order valence-electron chi connectivity index (χ4n) is 7.44. The number of rotatable bonds is 6. The highest BCUT2D eigenvalue weighted by atomic mass is 32.1. The third-order valence-electron chi connectivity index (χ3n) is 9.82. The van der Waals surface area contributed by atoms with E-state index >= 15 is 0 Å². The third-order valence-corrected chi connectivity index (χ3v) is 11.1. The second-order valence-corrected chi connectivity index (χ2v) is 14.0. The molecule has 0 saturated heterocycles. The largest absolute Gasteiger partial charge is 0.309 e. The molecule has 0 saturated carbocycles. The molecule has 0 radical (unpaired) electrons. The number of fused-ring (bicyclic) bond motifs is 5. The van der Waals surface area contributed by atoms with Crippen LogP contribution in [-0.2, 0) is 0 Å². The minimum atomic E-state index is 0.711. The van der Waals surface area contributed by atoms with Crippen molar-refractivity contribution in [3.05, 3.63) is 188 Å². The molecule has 3 aromatic heterocycles. The van der Waals surface area contributed by atoms with Crippen molar-refractivity contribution in [2.24, 2.45) is 0 Å². The normalized spacial score (nSPS) is 11.5. The molecule has 0 unspecified atom stereocenters. The van der Waals surface area contributed by atoms with Gasteiger partial charge in [-0.25, -0.2) is 9.97 Å². The van der Waals surface area contributed by atoms with Gasteiger partial charge < -0.3 is 4.57 Å². The van der Waals surface area contributed by atoms with Crippen LogP contribution in [0.15, 0.2) is 188 Å². The van der Waals surface area contributed by atoms with Gasteiger partial charge >= 0.3 is 0 Å². The van der Waals surface area contributed by atoms with E-state index in [1.165, 1.54) is 53.5 Å². The molecule has 3 nitrogen and oxygen atoms in total. The van der Waals surface area contributed by atoms with E-state index in [1.807, 2.05) is 35.6 Å². The lowest BCUT2D eigenvalue weighted by Crippen LogP contribution is -1.97. The highest BCUT2D eigenvalue weighted by Gasteiger charge is 2.22. The van der Waals surface area contributed by atoms with Crippen molar-refractivity contribution < 1.29 is 0 Å².